The molecule has 0 aliphatic carbocycles. The summed E-state index contributed by atoms with van der Waals surface area (Å²) in [5.41, 5.74) is 2.65. The molecule has 0 aliphatic heterocycles. The Morgan fingerprint density at radius 1 is 0.750 bits per heavy atom. The van der Waals surface area contributed by atoms with Crippen molar-refractivity contribution in [2.45, 2.75) is 13.8 Å². The van der Waals surface area contributed by atoms with Crippen LogP contribution in [0, 0.1) is 13.8 Å². The van der Waals surface area contributed by atoms with E-state index in [1.165, 1.54) is 19.4 Å². The molecular weight excluding hydrogens is 273 g/mol. The number of hydrogen-bond donors (Lipinski definition) is 0. The Morgan fingerprint density at radius 2 is 1.12 bits per heavy atom. The van der Waals surface area contributed by atoms with Gasteiger partial charge in [0.25, 0.3) is 0 Å². The Hall–Kier alpha value is -0.634. The van der Waals surface area contributed by atoms with Gasteiger partial charge >= 0.3 is 107 Å². The third-order valence-corrected chi connectivity index (χ3v) is 10.4. The fourth-order valence-corrected chi connectivity index (χ4v) is 8.41. The van der Waals surface area contributed by atoms with Crippen LogP contribution in [-0.2, 0) is 0 Å². The van der Waals surface area contributed by atoms with Gasteiger partial charge in [-0.05, 0) is 0 Å². The predicted molar refractivity (Wildman–Crippen MR) is 73.2 cm³/mol. The van der Waals surface area contributed by atoms with E-state index in [1.807, 2.05) is 0 Å². The molecule has 0 aliphatic rings. The van der Waals surface area contributed by atoms with Gasteiger partial charge in [-0.3, -0.25) is 0 Å². The molecule has 0 radical (unpaired) electrons. The first-order chi connectivity index (χ1) is 7.70. The molecular formula is C14H14ClGa. The van der Waals surface area contributed by atoms with Crippen molar-refractivity contribution in [3.05, 3.63) is 59.7 Å². The summed E-state index contributed by atoms with van der Waals surface area (Å²) in [6.07, 6.45) is 0. The van der Waals surface area contributed by atoms with Crippen molar-refractivity contribution in [1.29, 1.82) is 0 Å². The molecule has 0 fully saturated rings. The van der Waals surface area contributed by atoms with Gasteiger partial charge < -0.3 is 0 Å². The van der Waals surface area contributed by atoms with Gasteiger partial charge in [-0.2, -0.15) is 0 Å². The molecule has 0 saturated carbocycles. The van der Waals surface area contributed by atoms with Crippen LogP contribution in [0.5, 0.6) is 0 Å². The van der Waals surface area contributed by atoms with Crippen molar-refractivity contribution < 1.29 is 0 Å². The molecule has 0 amide bonds. The Morgan fingerprint density at radius 3 is 1.50 bits per heavy atom. The molecule has 0 N–H and O–H groups in total. The van der Waals surface area contributed by atoms with Crippen LogP contribution in [0.15, 0.2) is 48.5 Å². The number of benzene rings is 2. The van der Waals surface area contributed by atoms with E-state index in [0.29, 0.717) is 0 Å². The van der Waals surface area contributed by atoms with Crippen LogP contribution in [0.1, 0.15) is 11.1 Å². The van der Waals surface area contributed by atoms with Crippen LogP contribution in [0.4, 0.5) is 0 Å². The van der Waals surface area contributed by atoms with E-state index in [1.54, 1.807) is 0 Å². The van der Waals surface area contributed by atoms with Crippen LogP contribution in [-0.4, -0.2) is 15.2 Å². The molecule has 2 heteroatoms. The normalized spacial score (nSPS) is 10.2. The van der Waals surface area contributed by atoms with Crippen LogP contribution in [0.2, 0.25) is 0 Å². The zero-order valence-electron chi connectivity index (χ0n) is 9.57. The molecule has 0 bridgehead atoms. The fourth-order valence-electron chi connectivity index (χ4n) is 1.91. The van der Waals surface area contributed by atoms with E-state index in [0.717, 1.165) is 0 Å². The molecule has 2 rings (SSSR count). The number of halogens is 1. The van der Waals surface area contributed by atoms with Crippen LogP contribution >= 0.6 is 9.64 Å². The molecule has 0 saturated heterocycles. The monoisotopic (exact) mass is 286 g/mol. The molecule has 16 heavy (non-hydrogen) atoms. The summed E-state index contributed by atoms with van der Waals surface area (Å²) in [4.78, 5) is 0. The fraction of sp³-hybridized carbons (Fsp3) is 0.143. The number of rotatable bonds is 2. The van der Waals surface area contributed by atoms with Crippen molar-refractivity contribution in [1.82, 2.24) is 0 Å². The maximum atomic E-state index is 6.73. The SMILES string of the molecule is Cc1cccc[c]1[Ga]([Cl])[c]1ccccc1C. The van der Waals surface area contributed by atoms with Gasteiger partial charge in [-0.25, -0.2) is 0 Å². The summed E-state index contributed by atoms with van der Waals surface area (Å²) in [6, 6.07) is 17.0. The van der Waals surface area contributed by atoms with Crippen molar-refractivity contribution in [3.8, 4) is 0 Å². The summed E-state index contributed by atoms with van der Waals surface area (Å²) in [6.45, 7) is 4.29. The second kappa shape index (κ2) is 5.13. The molecule has 0 spiro atoms. The summed E-state index contributed by atoms with van der Waals surface area (Å²) in [7, 11) is 6.73. The minimum atomic E-state index is -2.04. The zero-order valence-corrected chi connectivity index (χ0v) is 12.8. The van der Waals surface area contributed by atoms with Crippen LogP contribution in [0.25, 0.3) is 0 Å². The van der Waals surface area contributed by atoms with Gasteiger partial charge in [0.1, 0.15) is 0 Å². The molecule has 0 aromatic heterocycles. The van der Waals surface area contributed by atoms with Gasteiger partial charge in [0, 0.05) is 0 Å². The minimum absolute atomic E-state index is 1.32. The molecule has 0 atom stereocenters. The van der Waals surface area contributed by atoms with E-state index in [2.05, 4.69) is 62.4 Å². The summed E-state index contributed by atoms with van der Waals surface area (Å²) < 4.78 is 2.76. The van der Waals surface area contributed by atoms with E-state index in [9.17, 15) is 0 Å². The van der Waals surface area contributed by atoms with E-state index < -0.39 is 15.2 Å². The van der Waals surface area contributed by atoms with Crippen LogP contribution in [0.3, 0.4) is 0 Å². The molecule has 80 valence electrons. The van der Waals surface area contributed by atoms with Gasteiger partial charge in [-0.15, -0.1) is 0 Å². The average molecular weight is 287 g/mol. The second-order valence-electron chi connectivity index (χ2n) is 4.08. The average Bonchev–Trinajstić information content (AvgIpc) is 2.29. The number of aryl methyl sites for hydroxylation is 2. The quantitative estimate of drug-likeness (QED) is 0.745. The first-order valence-electron chi connectivity index (χ1n) is 5.45. The topological polar surface area (TPSA) is 0 Å². The van der Waals surface area contributed by atoms with Crippen molar-refractivity contribution in [2.75, 3.05) is 0 Å². The molecule has 2 aromatic rings. The first-order valence-corrected chi connectivity index (χ1v) is 11.1. The van der Waals surface area contributed by atoms with E-state index in [-0.39, 0.29) is 0 Å². The Labute approximate surface area is 106 Å². The summed E-state index contributed by atoms with van der Waals surface area (Å²) in [5.74, 6) is 0. The third-order valence-electron chi connectivity index (χ3n) is 2.92. The maximum absolute atomic E-state index is 6.73. The van der Waals surface area contributed by atoms with Crippen molar-refractivity contribution in [2.24, 2.45) is 0 Å². The Bertz CT molecular complexity index is 448. The third kappa shape index (κ3) is 2.37. The second-order valence-corrected chi connectivity index (χ2v) is 10.5. The van der Waals surface area contributed by atoms with Gasteiger partial charge in [0.2, 0.25) is 0 Å². The Kier molecular flexibility index (Phi) is 3.80. The summed E-state index contributed by atoms with van der Waals surface area (Å²) in [5, 5.41) is 0. The molecule has 2 aromatic carbocycles. The van der Waals surface area contributed by atoms with E-state index >= 15 is 0 Å². The van der Waals surface area contributed by atoms with Gasteiger partial charge in [-0.1, -0.05) is 0 Å². The Balaban J connectivity index is 2.44. The molecule has 0 nitrogen and oxygen atoms in total. The molecule has 0 unspecified atom stereocenters. The van der Waals surface area contributed by atoms with E-state index in [4.69, 9.17) is 9.64 Å². The standard InChI is InChI=1S/2C7H7.ClH.Ga/c2*1-7-5-3-2-4-6-7;;/h2*2-5H,1H3;1H;/q;;;+1/p-1. The predicted octanol–water partition coefficient (Wildman–Crippen LogP) is 2.65. The van der Waals surface area contributed by atoms with Gasteiger partial charge in [0.05, 0.1) is 0 Å². The first kappa shape index (κ1) is 11.8. The zero-order chi connectivity index (χ0) is 11.5. The molecule has 0 heterocycles. The van der Waals surface area contributed by atoms with Crippen molar-refractivity contribution >= 4 is 33.1 Å². The van der Waals surface area contributed by atoms with Gasteiger partial charge in [0.15, 0.2) is 0 Å². The summed E-state index contributed by atoms with van der Waals surface area (Å²) >= 11 is -2.04. The van der Waals surface area contributed by atoms with Crippen LogP contribution < -0.4 is 8.24 Å². The number of hydrogen-bond acceptors (Lipinski definition) is 0. The van der Waals surface area contributed by atoms with Crippen molar-refractivity contribution in [3.63, 3.8) is 0 Å².